The van der Waals surface area contributed by atoms with Crippen LogP contribution in [0.2, 0.25) is 0 Å². The number of aromatic nitrogens is 2. The first kappa shape index (κ1) is 20.5. The van der Waals surface area contributed by atoms with E-state index in [1.165, 1.54) is 12.4 Å². The van der Waals surface area contributed by atoms with Gasteiger partial charge in [0.1, 0.15) is 12.1 Å². The standard InChI is InChI=1S/C21H22BrN5O3/c22-15-2-1-3-16(10-15)26-21-17-11-19(27(28)29)20(12-18(17)24-13-25-21)30-9-6-14-4-7-23-8-5-14/h1-3,10-14,23H,4-9H2,(H,24,25,26). The number of nitrogens with zero attached hydrogens (tertiary/aromatic N) is 3. The normalized spacial score (nSPS) is 14.6. The average molecular weight is 472 g/mol. The molecule has 0 spiro atoms. The molecular formula is C21H22BrN5O3. The number of hydrogen-bond acceptors (Lipinski definition) is 7. The van der Waals surface area contributed by atoms with Gasteiger partial charge < -0.3 is 15.4 Å². The van der Waals surface area contributed by atoms with Crippen molar-refractivity contribution < 1.29 is 9.66 Å². The minimum Gasteiger partial charge on any atom is -0.487 e. The number of piperidine rings is 1. The highest BCUT2D eigenvalue weighted by molar-refractivity contribution is 9.10. The van der Waals surface area contributed by atoms with E-state index >= 15 is 0 Å². The van der Waals surface area contributed by atoms with Crippen LogP contribution in [0, 0.1) is 16.0 Å². The van der Waals surface area contributed by atoms with Crippen LogP contribution in [-0.4, -0.2) is 34.6 Å². The summed E-state index contributed by atoms with van der Waals surface area (Å²) in [4.78, 5) is 19.8. The zero-order valence-corrected chi connectivity index (χ0v) is 17.9. The molecule has 0 saturated carbocycles. The summed E-state index contributed by atoms with van der Waals surface area (Å²) in [5, 5.41) is 18.8. The molecule has 4 rings (SSSR count). The number of hydrogen-bond donors (Lipinski definition) is 2. The largest absolute Gasteiger partial charge is 0.487 e. The Morgan fingerprint density at radius 3 is 2.83 bits per heavy atom. The minimum atomic E-state index is -0.421. The SMILES string of the molecule is O=[N+]([O-])c1cc2c(Nc3cccc(Br)c3)ncnc2cc1OCCC1CCNCC1. The van der Waals surface area contributed by atoms with Crippen LogP contribution in [0.1, 0.15) is 19.3 Å². The molecule has 0 bridgehead atoms. The predicted octanol–water partition coefficient (Wildman–Crippen LogP) is 4.81. The van der Waals surface area contributed by atoms with Crippen molar-refractivity contribution in [3.63, 3.8) is 0 Å². The Morgan fingerprint density at radius 1 is 1.23 bits per heavy atom. The number of benzene rings is 2. The lowest BCUT2D eigenvalue weighted by Gasteiger charge is -2.22. The predicted molar refractivity (Wildman–Crippen MR) is 119 cm³/mol. The van der Waals surface area contributed by atoms with Crippen molar-refractivity contribution in [3.05, 3.63) is 57.3 Å². The Balaban J connectivity index is 1.59. The summed E-state index contributed by atoms with van der Waals surface area (Å²) >= 11 is 3.44. The van der Waals surface area contributed by atoms with Crippen molar-refractivity contribution in [2.24, 2.45) is 5.92 Å². The van der Waals surface area contributed by atoms with E-state index in [2.05, 4.69) is 36.5 Å². The molecule has 1 aromatic heterocycles. The fraction of sp³-hybridized carbons (Fsp3) is 0.333. The fourth-order valence-electron chi connectivity index (χ4n) is 3.64. The van der Waals surface area contributed by atoms with Gasteiger partial charge in [-0.05, 0) is 56.5 Å². The summed E-state index contributed by atoms with van der Waals surface area (Å²) in [6.45, 7) is 2.49. The molecule has 30 heavy (non-hydrogen) atoms. The maximum atomic E-state index is 11.7. The lowest BCUT2D eigenvalue weighted by atomic mass is 9.95. The Hall–Kier alpha value is -2.78. The second-order valence-electron chi connectivity index (χ2n) is 7.28. The van der Waals surface area contributed by atoms with Crippen LogP contribution in [0.3, 0.4) is 0 Å². The van der Waals surface area contributed by atoms with Crippen molar-refractivity contribution >= 4 is 44.0 Å². The van der Waals surface area contributed by atoms with E-state index in [0.29, 0.717) is 29.2 Å². The number of halogens is 1. The highest BCUT2D eigenvalue weighted by Crippen LogP contribution is 2.35. The van der Waals surface area contributed by atoms with E-state index in [0.717, 1.165) is 42.5 Å². The maximum absolute atomic E-state index is 11.7. The number of nitro benzene ring substituents is 1. The van der Waals surface area contributed by atoms with Crippen LogP contribution in [-0.2, 0) is 0 Å². The number of ether oxygens (including phenoxy) is 1. The minimum absolute atomic E-state index is 0.0834. The van der Waals surface area contributed by atoms with Gasteiger partial charge in [-0.15, -0.1) is 0 Å². The van der Waals surface area contributed by atoms with Gasteiger partial charge in [-0.3, -0.25) is 10.1 Å². The third-order valence-electron chi connectivity index (χ3n) is 5.24. The second-order valence-corrected chi connectivity index (χ2v) is 8.20. The molecule has 156 valence electrons. The van der Waals surface area contributed by atoms with E-state index in [4.69, 9.17) is 4.74 Å². The number of anilines is 2. The van der Waals surface area contributed by atoms with Crippen molar-refractivity contribution in [3.8, 4) is 5.75 Å². The lowest BCUT2D eigenvalue weighted by Crippen LogP contribution is -2.28. The van der Waals surface area contributed by atoms with Gasteiger partial charge in [-0.25, -0.2) is 9.97 Å². The molecule has 2 heterocycles. The molecule has 1 fully saturated rings. The van der Waals surface area contributed by atoms with Crippen LogP contribution in [0.25, 0.3) is 10.9 Å². The lowest BCUT2D eigenvalue weighted by molar-refractivity contribution is -0.385. The zero-order chi connectivity index (χ0) is 20.9. The Bertz CT molecular complexity index is 1060. The van der Waals surface area contributed by atoms with Crippen LogP contribution in [0.15, 0.2) is 47.2 Å². The van der Waals surface area contributed by atoms with Crippen molar-refractivity contribution in [2.75, 3.05) is 25.0 Å². The van der Waals surface area contributed by atoms with Gasteiger partial charge in [-0.2, -0.15) is 0 Å². The van der Waals surface area contributed by atoms with Crippen LogP contribution >= 0.6 is 15.9 Å². The summed E-state index contributed by atoms with van der Waals surface area (Å²) in [7, 11) is 0. The van der Waals surface area contributed by atoms with Crippen molar-refractivity contribution in [1.82, 2.24) is 15.3 Å². The Kier molecular flexibility index (Phi) is 6.39. The molecule has 0 radical (unpaired) electrons. The summed E-state index contributed by atoms with van der Waals surface area (Å²) in [5.41, 5.74) is 1.32. The summed E-state index contributed by atoms with van der Waals surface area (Å²) in [6.07, 6.45) is 4.55. The molecule has 1 aliphatic heterocycles. The molecule has 3 aromatic rings. The van der Waals surface area contributed by atoms with E-state index in [1.54, 1.807) is 6.07 Å². The van der Waals surface area contributed by atoms with Gasteiger partial charge in [0.2, 0.25) is 0 Å². The van der Waals surface area contributed by atoms with Gasteiger partial charge >= 0.3 is 5.69 Å². The van der Waals surface area contributed by atoms with Gasteiger partial charge in [0.25, 0.3) is 0 Å². The van der Waals surface area contributed by atoms with E-state index in [-0.39, 0.29) is 11.4 Å². The molecule has 0 amide bonds. The Morgan fingerprint density at radius 2 is 2.07 bits per heavy atom. The molecule has 1 aliphatic rings. The molecule has 1 saturated heterocycles. The molecule has 2 N–H and O–H groups in total. The third kappa shape index (κ3) is 4.85. The second kappa shape index (κ2) is 9.36. The molecule has 0 aliphatic carbocycles. The van der Waals surface area contributed by atoms with Gasteiger partial charge in [-0.1, -0.05) is 22.0 Å². The topological polar surface area (TPSA) is 102 Å². The van der Waals surface area contributed by atoms with E-state index < -0.39 is 4.92 Å². The highest BCUT2D eigenvalue weighted by atomic mass is 79.9. The molecule has 2 aromatic carbocycles. The summed E-state index contributed by atoms with van der Waals surface area (Å²) < 4.78 is 6.75. The highest BCUT2D eigenvalue weighted by Gasteiger charge is 2.20. The molecule has 0 unspecified atom stereocenters. The number of rotatable bonds is 7. The van der Waals surface area contributed by atoms with E-state index in [9.17, 15) is 10.1 Å². The van der Waals surface area contributed by atoms with Crippen LogP contribution in [0.4, 0.5) is 17.2 Å². The zero-order valence-electron chi connectivity index (χ0n) is 16.3. The number of nitro groups is 1. The van der Waals surface area contributed by atoms with Crippen molar-refractivity contribution in [1.29, 1.82) is 0 Å². The molecule has 0 atom stereocenters. The summed E-state index contributed by atoms with van der Waals surface area (Å²) in [5.74, 6) is 1.34. The first-order chi connectivity index (χ1) is 14.6. The molecule has 9 heteroatoms. The molecule has 8 nitrogen and oxygen atoms in total. The van der Waals surface area contributed by atoms with Crippen LogP contribution < -0.4 is 15.4 Å². The van der Waals surface area contributed by atoms with Gasteiger partial charge in [0.05, 0.1) is 22.4 Å². The maximum Gasteiger partial charge on any atom is 0.311 e. The quantitative estimate of drug-likeness (QED) is 0.376. The van der Waals surface area contributed by atoms with Gasteiger partial charge in [0, 0.05) is 22.3 Å². The number of fused-ring (bicyclic) bond motifs is 1. The monoisotopic (exact) mass is 471 g/mol. The third-order valence-corrected chi connectivity index (χ3v) is 5.74. The summed E-state index contributed by atoms with van der Waals surface area (Å²) in [6, 6.07) is 10.7. The average Bonchev–Trinajstić information content (AvgIpc) is 2.74. The fourth-order valence-corrected chi connectivity index (χ4v) is 4.04. The van der Waals surface area contributed by atoms with E-state index in [1.807, 2.05) is 24.3 Å². The number of nitrogens with one attached hydrogen (secondary N) is 2. The first-order valence-electron chi connectivity index (χ1n) is 9.89. The van der Waals surface area contributed by atoms with Crippen LogP contribution in [0.5, 0.6) is 5.75 Å². The van der Waals surface area contributed by atoms with Gasteiger partial charge in [0.15, 0.2) is 5.75 Å². The smallest absolute Gasteiger partial charge is 0.311 e. The Labute approximate surface area is 182 Å². The molecular weight excluding hydrogens is 450 g/mol. The van der Waals surface area contributed by atoms with Crippen molar-refractivity contribution in [2.45, 2.75) is 19.3 Å². The first-order valence-corrected chi connectivity index (χ1v) is 10.7.